The van der Waals surface area contributed by atoms with Crippen molar-refractivity contribution >= 4 is 11.9 Å². The Balaban J connectivity index is 3.45. The topological polar surface area (TPSA) is 72.8 Å². The molecular weight excluding hydrogens is 705 g/mol. The number of aliphatic hydroxyl groups excluding tert-OH is 1. The first-order valence-corrected chi connectivity index (χ1v) is 25.4. The van der Waals surface area contributed by atoms with Crippen LogP contribution in [0.2, 0.25) is 0 Å². The number of carbonyl (C=O) groups excluding carboxylic acids is 2. The first-order valence-electron chi connectivity index (χ1n) is 25.4. The molecule has 0 rings (SSSR count). The number of hydrogen-bond donors (Lipinski definition) is 1. The average Bonchev–Trinajstić information content (AvgIpc) is 3.21. The first-order chi connectivity index (χ1) is 28.1. The Morgan fingerprint density at radius 2 is 0.702 bits per heavy atom. The van der Waals surface area contributed by atoms with E-state index < -0.39 is 6.10 Å². The summed E-state index contributed by atoms with van der Waals surface area (Å²) in [6.07, 6.45) is 59.9. The van der Waals surface area contributed by atoms with Crippen LogP contribution in [0.4, 0.5) is 0 Å². The summed E-state index contributed by atoms with van der Waals surface area (Å²) in [4.78, 5) is 24.4. The number of esters is 2. The van der Waals surface area contributed by atoms with E-state index in [1.54, 1.807) is 0 Å². The Morgan fingerprint density at radius 1 is 0.404 bits per heavy atom. The molecule has 0 aliphatic heterocycles. The zero-order valence-electron chi connectivity index (χ0n) is 38.4. The fraction of sp³-hybridized carbons (Fsp3) is 0.885. The van der Waals surface area contributed by atoms with Crippen LogP contribution in [0.5, 0.6) is 0 Å². The molecule has 0 aliphatic carbocycles. The molecule has 0 heterocycles. The van der Waals surface area contributed by atoms with Crippen LogP contribution < -0.4 is 0 Å². The molecule has 0 spiro atoms. The molecule has 0 radical (unpaired) electrons. The van der Waals surface area contributed by atoms with Crippen LogP contribution in [0.15, 0.2) is 24.3 Å². The number of allylic oxidation sites excluding steroid dienone is 4. The standard InChI is InChI=1S/C52H98O5/c1-3-5-7-9-11-13-15-17-19-21-23-24-25-26-27-28-29-31-32-34-36-38-40-42-44-46-51(54)56-49-50(48-53)57-52(55)47-45-43-41-39-37-35-33-30-22-20-18-16-14-12-10-8-6-4-2/h14,16,20,22,50,53H,3-13,15,17-19,21,23-49H2,1-2H3/b16-14-,22-20-. The summed E-state index contributed by atoms with van der Waals surface area (Å²) < 4.78 is 10.7. The molecule has 0 aliphatic rings. The van der Waals surface area contributed by atoms with Crippen molar-refractivity contribution in [2.24, 2.45) is 0 Å². The fourth-order valence-corrected chi connectivity index (χ4v) is 7.65. The van der Waals surface area contributed by atoms with E-state index in [2.05, 4.69) is 38.2 Å². The predicted octanol–water partition coefficient (Wildman–Crippen LogP) is 16.6. The number of carbonyl (C=O) groups is 2. The number of ether oxygens (including phenoxy) is 2. The van der Waals surface area contributed by atoms with Crippen molar-refractivity contribution in [3.63, 3.8) is 0 Å². The van der Waals surface area contributed by atoms with E-state index in [-0.39, 0.29) is 25.2 Å². The van der Waals surface area contributed by atoms with Crippen molar-refractivity contribution in [2.45, 2.75) is 283 Å². The molecule has 0 aromatic rings. The van der Waals surface area contributed by atoms with Crippen LogP contribution >= 0.6 is 0 Å². The quantitative estimate of drug-likeness (QED) is 0.0377. The summed E-state index contributed by atoms with van der Waals surface area (Å²) in [5.74, 6) is -0.585. The van der Waals surface area contributed by atoms with Crippen molar-refractivity contribution in [2.75, 3.05) is 13.2 Å². The normalized spacial score (nSPS) is 12.3. The summed E-state index contributed by atoms with van der Waals surface area (Å²) in [5.41, 5.74) is 0. The molecular formula is C52H98O5. The van der Waals surface area contributed by atoms with E-state index >= 15 is 0 Å². The van der Waals surface area contributed by atoms with Crippen molar-refractivity contribution in [3.8, 4) is 0 Å². The lowest BCUT2D eigenvalue weighted by Crippen LogP contribution is -2.28. The highest BCUT2D eigenvalue weighted by Crippen LogP contribution is 2.17. The molecule has 0 saturated heterocycles. The lowest BCUT2D eigenvalue weighted by molar-refractivity contribution is -0.161. The highest BCUT2D eigenvalue weighted by Gasteiger charge is 2.16. The molecule has 0 fully saturated rings. The van der Waals surface area contributed by atoms with Gasteiger partial charge in [-0.1, -0.05) is 244 Å². The van der Waals surface area contributed by atoms with Crippen LogP contribution in [0.3, 0.4) is 0 Å². The maximum absolute atomic E-state index is 12.2. The van der Waals surface area contributed by atoms with Crippen LogP contribution in [0, 0.1) is 0 Å². The van der Waals surface area contributed by atoms with E-state index in [4.69, 9.17) is 9.47 Å². The molecule has 0 aromatic heterocycles. The second-order valence-electron chi connectivity index (χ2n) is 17.3. The minimum atomic E-state index is -0.772. The molecule has 0 amide bonds. The Kier molecular flexibility index (Phi) is 47.4. The maximum Gasteiger partial charge on any atom is 0.306 e. The largest absolute Gasteiger partial charge is 0.462 e. The van der Waals surface area contributed by atoms with Crippen molar-refractivity contribution in [3.05, 3.63) is 24.3 Å². The van der Waals surface area contributed by atoms with E-state index in [1.807, 2.05) is 0 Å². The molecule has 5 nitrogen and oxygen atoms in total. The van der Waals surface area contributed by atoms with Crippen LogP contribution in [-0.2, 0) is 19.1 Å². The molecule has 336 valence electrons. The average molecular weight is 803 g/mol. The van der Waals surface area contributed by atoms with Crippen molar-refractivity contribution < 1.29 is 24.2 Å². The molecule has 57 heavy (non-hydrogen) atoms. The summed E-state index contributed by atoms with van der Waals surface area (Å²) >= 11 is 0. The van der Waals surface area contributed by atoms with Crippen LogP contribution in [-0.4, -0.2) is 36.4 Å². The summed E-state index contributed by atoms with van der Waals surface area (Å²) in [7, 11) is 0. The molecule has 5 heteroatoms. The minimum absolute atomic E-state index is 0.0640. The van der Waals surface area contributed by atoms with Gasteiger partial charge in [-0.05, 0) is 44.9 Å². The van der Waals surface area contributed by atoms with E-state index in [1.165, 1.54) is 205 Å². The third kappa shape index (κ3) is 46.9. The summed E-state index contributed by atoms with van der Waals surface area (Å²) in [6.45, 7) is 4.16. The third-order valence-electron chi connectivity index (χ3n) is 11.5. The highest BCUT2D eigenvalue weighted by atomic mass is 16.6. The van der Waals surface area contributed by atoms with Crippen molar-refractivity contribution in [1.82, 2.24) is 0 Å². The van der Waals surface area contributed by atoms with Gasteiger partial charge < -0.3 is 14.6 Å². The van der Waals surface area contributed by atoms with E-state index in [0.29, 0.717) is 12.8 Å². The lowest BCUT2D eigenvalue weighted by atomic mass is 10.0. The number of unbranched alkanes of at least 4 members (excludes halogenated alkanes) is 35. The second kappa shape index (κ2) is 48.7. The van der Waals surface area contributed by atoms with Gasteiger partial charge in [0.05, 0.1) is 6.61 Å². The van der Waals surface area contributed by atoms with Gasteiger partial charge in [0.1, 0.15) is 6.61 Å². The predicted molar refractivity (Wildman–Crippen MR) is 247 cm³/mol. The number of aliphatic hydroxyl groups is 1. The van der Waals surface area contributed by atoms with Gasteiger partial charge in [0.25, 0.3) is 0 Å². The van der Waals surface area contributed by atoms with Gasteiger partial charge in [0.15, 0.2) is 6.10 Å². The second-order valence-corrected chi connectivity index (χ2v) is 17.3. The van der Waals surface area contributed by atoms with Crippen LogP contribution in [0.1, 0.15) is 277 Å². The van der Waals surface area contributed by atoms with Gasteiger partial charge in [-0.25, -0.2) is 0 Å². The first kappa shape index (κ1) is 55.4. The summed E-state index contributed by atoms with van der Waals surface area (Å²) in [6, 6.07) is 0. The van der Waals surface area contributed by atoms with Crippen LogP contribution in [0.25, 0.3) is 0 Å². The zero-order chi connectivity index (χ0) is 41.4. The monoisotopic (exact) mass is 803 g/mol. The molecule has 0 saturated carbocycles. The van der Waals surface area contributed by atoms with Gasteiger partial charge in [0.2, 0.25) is 0 Å². The smallest absolute Gasteiger partial charge is 0.306 e. The molecule has 1 unspecified atom stereocenters. The Hall–Kier alpha value is -1.62. The van der Waals surface area contributed by atoms with Gasteiger partial charge in [0, 0.05) is 12.8 Å². The molecule has 1 atom stereocenters. The minimum Gasteiger partial charge on any atom is -0.462 e. The molecule has 1 N–H and O–H groups in total. The SMILES string of the molecule is CCCCCC/C=C\C/C=C\CCCCCCCCCC(=O)OC(CO)COC(=O)CCCCCCCCCCCCCCCCCCCCCCCCCCC. The Bertz CT molecular complexity index is 867. The molecule has 0 aromatic carbocycles. The number of hydrogen-bond acceptors (Lipinski definition) is 5. The third-order valence-corrected chi connectivity index (χ3v) is 11.5. The van der Waals surface area contributed by atoms with Gasteiger partial charge >= 0.3 is 11.9 Å². The highest BCUT2D eigenvalue weighted by molar-refractivity contribution is 5.70. The number of rotatable bonds is 47. The van der Waals surface area contributed by atoms with Crippen molar-refractivity contribution in [1.29, 1.82) is 0 Å². The van der Waals surface area contributed by atoms with Gasteiger partial charge in [-0.2, -0.15) is 0 Å². The zero-order valence-corrected chi connectivity index (χ0v) is 38.4. The summed E-state index contributed by atoms with van der Waals surface area (Å²) in [5, 5.41) is 9.61. The molecule has 0 bridgehead atoms. The van der Waals surface area contributed by atoms with Gasteiger partial charge in [-0.15, -0.1) is 0 Å². The Labute approximate surface area is 355 Å². The van der Waals surface area contributed by atoms with Gasteiger partial charge in [-0.3, -0.25) is 9.59 Å². The van der Waals surface area contributed by atoms with E-state index in [0.717, 1.165) is 44.9 Å². The maximum atomic E-state index is 12.2. The lowest BCUT2D eigenvalue weighted by Gasteiger charge is -2.15. The fourth-order valence-electron chi connectivity index (χ4n) is 7.65. The van der Waals surface area contributed by atoms with E-state index in [9.17, 15) is 14.7 Å². The Morgan fingerprint density at radius 3 is 1.05 bits per heavy atom.